The van der Waals surface area contributed by atoms with E-state index in [-0.39, 0.29) is 0 Å². The number of nitrogens with one attached hydrogen (secondary N) is 2. The normalized spacial score (nSPS) is 15.5. The maximum Gasteiger partial charge on any atom is 0.0206 e. The van der Waals surface area contributed by atoms with Crippen LogP contribution in [-0.2, 0) is 6.54 Å². The van der Waals surface area contributed by atoms with Crippen LogP contribution in [0.25, 0.3) is 0 Å². The monoisotopic (exact) mass is 230 g/mol. The molecule has 1 aromatic rings. The predicted octanol–water partition coefficient (Wildman–Crippen LogP) is 2.33. The summed E-state index contributed by atoms with van der Waals surface area (Å²) in [5.41, 5.74) is 1.35. The van der Waals surface area contributed by atoms with Gasteiger partial charge in [-0.25, -0.2) is 0 Å². The van der Waals surface area contributed by atoms with Crippen molar-refractivity contribution in [2.45, 2.75) is 19.4 Å². The Bertz CT molecular complexity index is 324. The van der Waals surface area contributed by atoms with E-state index in [1.165, 1.54) is 18.4 Å². The lowest BCUT2D eigenvalue weighted by atomic mass is 10.1. The van der Waals surface area contributed by atoms with E-state index in [1.54, 1.807) is 0 Å². The SMILES string of the molecule is C1=CCC(CNCCNCc2ccccc2)C1. The van der Waals surface area contributed by atoms with Crippen molar-refractivity contribution in [2.75, 3.05) is 19.6 Å². The van der Waals surface area contributed by atoms with Gasteiger partial charge >= 0.3 is 0 Å². The molecule has 0 bridgehead atoms. The van der Waals surface area contributed by atoms with Crippen LogP contribution in [0.3, 0.4) is 0 Å². The Morgan fingerprint density at radius 3 is 2.41 bits per heavy atom. The number of rotatable bonds is 7. The van der Waals surface area contributed by atoms with Crippen molar-refractivity contribution in [2.24, 2.45) is 5.92 Å². The molecule has 17 heavy (non-hydrogen) atoms. The van der Waals surface area contributed by atoms with E-state index in [9.17, 15) is 0 Å². The van der Waals surface area contributed by atoms with Crippen molar-refractivity contribution in [1.82, 2.24) is 10.6 Å². The van der Waals surface area contributed by atoms with E-state index in [0.717, 1.165) is 32.1 Å². The molecular formula is C15H22N2. The predicted molar refractivity (Wildman–Crippen MR) is 72.9 cm³/mol. The van der Waals surface area contributed by atoms with Crippen LogP contribution in [0.2, 0.25) is 0 Å². The molecule has 92 valence electrons. The van der Waals surface area contributed by atoms with Crippen LogP contribution in [0.15, 0.2) is 42.5 Å². The van der Waals surface area contributed by atoms with Gasteiger partial charge in [-0.2, -0.15) is 0 Å². The molecule has 2 N–H and O–H groups in total. The zero-order valence-electron chi connectivity index (χ0n) is 10.4. The number of allylic oxidation sites excluding steroid dienone is 2. The molecule has 2 heteroatoms. The zero-order valence-corrected chi connectivity index (χ0v) is 10.4. The molecule has 1 aromatic carbocycles. The second-order valence-electron chi connectivity index (χ2n) is 4.68. The van der Waals surface area contributed by atoms with Gasteiger partial charge in [-0.05, 0) is 30.9 Å². The Morgan fingerprint density at radius 2 is 1.65 bits per heavy atom. The van der Waals surface area contributed by atoms with Crippen molar-refractivity contribution in [1.29, 1.82) is 0 Å². The van der Waals surface area contributed by atoms with E-state index >= 15 is 0 Å². The fourth-order valence-electron chi connectivity index (χ4n) is 2.15. The smallest absolute Gasteiger partial charge is 0.0206 e. The van der Waals surface area contributed by atoms with Gasteiger partial charge in [0.15, 0.2) is 0 Å². The average molecular weight is 230 g/mol. The summed E-state index contributed by atoms with van der Waals surface area (Å²) < 4.78 is 0. The molecular weight excluding hydrogens is 208 g/mol. The zero-order chi connectivity index (χ0) is 11.8. The van der Waals surface area contributed by atoms with Gasteiger partial charge in [0, 0.05) is 19.6 Å². The van der Waals surface area contributed by atoms with Gasteiger partial charge in [0.1, 0.15) is 0 Å². The molecule has 0 aromatic heterocycles. The van der Waals surface area contributed by atoms with Gasteiger partial charge < -0.3 is 10.6 Å². The van der Waals surface area contributed by atoms with Crippen LogP contribution in [-0.4, -0.2) is 19.6 Å². The molecule has 2 rings (SSSR count). The quantitative estimate of drug-likeness (QED) is 0.555. The molecule has 0 unspecified atom stereocenters. The maximum atomic E-state index is 3.51. The molecule has 2 nitrogen and oxygen atoms in total. The topological polar surface area (TPSA) is 24.1 Å². The highest BCUT2D eigenvalue weighted by molar-refractivity contribution is 5.14. The first kappa shape index (κ1) is 12.3. The van der Waals surface area contributed by atoms with Gasteiger partial charge in [-0.1, -0.05) is 42.5 Å². The van der Waals surface area contributed by atoms with Gasteiger partial charge in [0.2, 0.25) is 0 Å². The third-order valence-electron chi connectivity index (χ3n) is 3.19. The summed E-state index contributed by atoms with van der Waals surface area (Å²) in [4.78, 5) is 0. The van der Waals surface area contributed by atoms with Crippen LogP contribution in [0.4, 0.5) is 0 Å². The summed E-state index contributed by atoms with van der Waals surface area (Å²) >= 11 is 0. The van der Waals surface area contributed by atoms with E-state index < -0.39 is 0 Å². The standard InChI is InChI=1S/C15H22N2/c1-2-6-14(7-3-1)12-16-10-11-17-13-15-8-4-5-9-15/h1-7,15-17H,8-13H2. The minimum Gasteiger partial charge on any atom is -0.315 e. The van der Waals surface area contributed by atoms with Crippen LogP contribution in [0, 0.1) is 5.92 Å². The molecule has 1 aliphatic carbocycles. The van der Waals surface area contributed by atoms with E-state index in [1.807, 2.05) is 0 Å². The van der Waals surface area contributed by atoms with Crippen molar-refractivity contribution in [3.63, 3.8) is 0 Å². The van der Waals surface area contributed by atoms with E-state index in [4.69, 9.17) is 0 Å². The molecule has 0 aliphatic heterocycles. The highest BCUT2D eigenvalue weighted by Gasteiger charge is 2.08. The van der Waals surface area contributed by atoms with Crippen molar-refractivity contribution in [3.05, 3.63) is 48.0 Å². The number of benzene rings is 1. The summed E-state index contributed by atoms with van der Waals surface area (Å²) in [5, 5.41) is 6.96. The molecule has 1 aliphatic rings. The Kier molecular flexibility index (Phi) is 5.27. The lowest BCUT2D eigenvalue weighted by molar-refractivity contribution is 0.496. The largest absolute Gasteiger partial charge is 0.315 e. The number of hydrogen-bond acceptors (Lipinski definition) is 2. The first-order valence-electron chi connectivity index (χ1n) is 6.55. The third-order valence-corrected chi connectivity index (χ3v) is 3.19. The van der Waals surface area contributed by atoms with Gasteiger partial charge in [0.25, 0.3) is 0 Å². The van der Waals surface area contributed by atoms with Gasteiger partial charge in [0.05, 0.1) is 0 Å². The first-order chi connectivity index (χ1) is 8.45. The molecule has 0 radical (unpaired) electrons. The molecule has 0 heterocycles. The third kappa shape index (κ3) is 4.72. The Hall–Kier alpha value is -1.12. The van der Waals surface area contributed by atoms with Crippen LogP contribution in [0.5, 0.6) is 0 Å². The second-order valence-corrected chi connectivity index (χ2v) is 4.68. The summed E-state index contributed by atoms with van der Waals surface area (Å²) in [5.74, 6) is 0.837. The summed E-state index contributed by atoms with van der Waals surface area (Å²) in [6.07, 6.45) is 7.09. The second kappa shape index (κ2) is 7.25. The lowest BCUT2D eigenvalue weighted by Gasteiger charge is -2.11. The Labute approximate surface area is 104 Å². The minimum atomic E-state index is 0.837. The lowest BCUT2D eigenvalue weighted by Crippen LogP contribution is -2.30. The maximum absolute atomic E-state index is 3.51. The average Bonchev–Trinajstić information content (AvgIpc) is 2.88. The van der Waals surface area contributed by atoms with Crippen molar-refractivity contribution in [3.8, 4) is 0 Å². The minimum absolute atomic E-state index is 0.837. The van der Waals surface area contributed by atoms with Gasteiger partial charge in [-0.15, -0.1) is 0 Å². The molecule has 0 spiro atoms. The van der Waals surface area contributed by atoms with Crippen LogP contribution < -0.4 is 10.6 Å². The van der Waals surface area contributed by atoms with E-state index in [0.29, 0.717) is 0 Å². The first-order valence-corrected chi connectivity index (χ1v) is 6.55. The van der Waals surface area contributed by atoms with Crippen molar-refractivity contribution < 1.29 is 0 Å². The molecule has 0 atom stereocenters. The van der Waals surface area contributed by atoms with Gasteiger partial charge in [-0.3, -0.25) is 0 Å². The molecule has 0 saturated heterocycles. The van der Waals surface area contributed by atoms with Crippen LogP contribution in [0.1, 0.15) is 18.4 Å². The Balaban J connectivity index is 1.46. The van der Waals surface area contributed by atoms with Crippen molar-refractivity contribution >= 4 is 0 Å². The highest BCUT2D eigenvalue weighted by Crippen LogP contribution is 2.15. The summed E-state index contributed by atoms with van der Waals surface area (Å²) in [6.45, 7) is 4.21. The molecule has 0 amide bonds. The summed E-state index contributed by atoms with van der Waals surface area (Å²) in [7, 11) is 0. The molecule has 0 saturated carbocycles. The van der Waals surface area contributed by atoms with Crippen LogP contribution >= 0.6 is 0 Å². The summed E-state index contributed by atoms with van der Waals surface area (Å²) in [6, 6.07) is 10.5. The molecule has 0 fully saturated rings. The fraction of sp³-hybridized carbons (Fsp3) is 0.467. The fourth-order valence-corrected chi connectivity index (χ4v) is 2.15. The van der Waals surface area contributed by atoms with E-state index in [2.05, 4.69) is 53.1 Å². The highest BCUT2D eigenvalue weighted by atomic mass is 14.9. The number of hydrogen-bond donors (Lipinski definition) is 2. The Morgan fingerprint density at radius 1 is 0.941 bits per heavy atom.